The Morgan fingerprint density at radius 2 is 1.80 bits per heavy atom. The minimum Gasteiger partial charge on any atom is -0.394 e. The Morgan fingerprint density at radius 1 is 1.27 bits per heavy atom. The lowest BCUT2D eigenvalue weighted by atomic mass is 10.0. The molecule has 0 radical (unpaired) electrons. The van der Waals surface area contributed by atoms with Gasteiger partial charge in [0.1, 0.15) is 24.4 Å². The molecule has 0 saturated carbocycles. The minimum atomic E-state index is -1.37. The van der Waals surface area contributed by atoms with Crippen LogP contribution in [0.25, 0.3) is 0 Å². The topological polar surface area (TPSA) is 131 Å². The Labute approximate surface area is 88.2 Å². The number of rotatable bonds is 7. The summed E-state index contributed by atoms with van der Waals surface area (Å²) in [6.45, 7) is -0.615. The molecule has 92 valence electrons. The van der Waals surface area contributed by atoms with Crippen LogP contribution in [0.5, 0.6) is 0 Å². The molecule has 0 aliphatic carbocycles. The van der Waals surface area contributed by atoms with E-state index in [1.807, 2.05) is 0 Å². The summed E-state index contributed by atoms with van der Waals surface area (Å²) in [5, 5.41) is 27.1. The molecule has 0 aromatic rings. The number of aldehydes is 1. The highest BCUT2D eigenvalue weighted by atomic mass is 16.5. The first-order chi connectivity index (χ1) is 6.62. The van der Waals surface area contributed by atoms with Gasteiger partial charge < -0.3 is 35.7 Å². The summed E-state index contributed by atoms with van der Waals surface area (Å²) in [6.07, 6.45) is -4.25. The van der Waals surface area contributed by atoms with E-state index < -0.39 is 31.0 Å². The molecule has 0 saturated heterocycles. The predicted molar refractivity (Wildman–Crippen MR) is 51.8 cm³/mol. The standard InChI is InChI=1S/C8H16O6.H3N/c1-13-6(4-10)8(14-2)7(12)5(11)3-9;/h4-9,11-12H,3H2,1-2H3;1H3/t5-,6+,7-,8-;/m1./s1. The Hall–Kier alpha value is -0.570. The van der Waals surface area contributed by atoms with Crippen LogP contribution in [0.1, 0.15) is 0 Å². The van der Waals surface area contributed by atoms with Crippen LogP contribution >= 0.6 is 0 Å². The van der Waals surface area contributed by atoms with Crippen molar-refractivity contribution in [2.24, 2.45) is 0 Å². The summed E-state index contributed by atoms with van der Waals surface area (Å²) in [5.41, 5.74) is 0. The van der Waals surface area contributed by atoms with Crippen molar-refractivity contribution < 1.29 is 29.6 Å². The first-order valence-corrected chi connectivity index (χ1v) is 4.10. The fourth-order valence-corrected chi connectivity index (χ4v) is 1.06. The third kappa shape index (κ3) is 4.65. The number of hydrogen-bond donors (Lipinski definition) is 4. The number of aliphatic hydroxyl groups excluding tert-OH is 3. The van der Waals surface area contributed by atoms with Crippen molar-refractivity contribution in [1.82, 2.24) is 6.15 Å². The van der Waals surface area contributed by atoms with Gasteiger partial charge in [-0.25, -0.2) is 0 Å². The third-order valence-corrected chi connectivity index (χ3v) is 1.92. The highest BCUT2D eigenvalue weighted by Gasteiger charge is 2.32. The van der Waals surface area contributed by atoms with Crippen LogP contribution in [0.2, 0.25) is 0 Å². The van der Waals surface area contributed by atoms with Crippen molar-refractivity contribution in [3.8, 4) is 0 Å². The highest BCUT2D eigenvalue weighted by molar-refractivity contribution is 5.57. The van der Waals surface area contributed by atoms with Gasteiger partial charge in [-0.2, -0.15) is 0 Å². The van der Waals surface area contributed by atoms with Crippen LogP contribution in [-0.2, 0) is 14.3 Å². The number of methoxy groups -OCH3 is 2. The Kier molecular flexibility index (Phi) is 9.79. The number of ether oxygens (including phenoxy) is 2. The molecule has 15 heavy (non-hydrogen) atoms. The van der Waals surface area contributed by atoms with Crippen LogP contribution in [0.3, 0.4) is 0 Å². The molecule has 4 atom stereocenters. The molecular weight excluding hydrogens is 206 g/mol. The zero-order valence-electron chi connectivity index (χ0n) is 8.87. The molecule has 0 aromatic carbocycles. The van der Waals surface area contributed by atoms with E-state index in [9.17, 15) is 9.90 Å². The van der Waals surface area contributed by atoms with Gasteiger partial charge >= 0.3 is 0 Å². The van der Waals surface area contributed by atoms with Crippen LogP contribution in [0.4, 0.5) is 0 Å². The molecule has 0 fully saturated rings. The van der Waals surface area contributed by atoms with Gasteiger partial charge in [0.2, 0.25) is 0 Å². The molecule has 0 aliphatic heterocycles. The van der Waals surface area contributed by atoms with Crippen LogP contribution < -0.4 is 6.15 Å². The second-order valence-corrected chi connectivity index (χ2v) is 2.78. The maximum Gasteiger partial charge on any atom is 0.151 e. The van der Waals surface area contributed by atoms with Gasteiger partial charge in [0.05, 0.1) is 6.61 Å². The Morgan fingerprint density at radius 3 is 2.07 bits per heavy atom. The minimum absolute atomic E-state index is 0. The lowest BCUT2D eigenvalue weighted by molar-refractivity contribution is -0.148. The lowest BCUT2D eigenvalue weighted by Crippen LogP contribution is -2.48. The summed E-state index contributed by atoms with van der Waals surface area (Å²) < 4.78 is 9.52. The average Bonchev–Trinajstić information content (AvgIpc) is 2.23. The Bertz CT molecular complexity index is 167. The summed E-state index contributed by atoms with van der Waals surface area (Å²) in [4.78, 5) is 10.5. The van der Waals surface area contributed by atoms with Gasteiger partial charge in [0.15, 0.2) is 6.29 Å². The summed E-state index contributed by atoms with van der Waals surface area (Å²) >= 11 is 0. The number of carbonyl (C=O) groups is 1. The summed E-state index contributed by atoms with van der Waals surface area (Å²) in [6, 6.07) is 0. The van der Waals surface area contributed by atoms with Crippen molar-refractivity contribution in [2.75, 3.05) is 20.8 Å². The average molecular weight is 225 g/mol. The van der Waals surface area contributed by atoms with Crippen molar-refractivity contribution in [3.63, 3.8) is 0 Å². The smallest absolute Gasteiger partial charge is 0.151 e. The van der Waals surface area contributed by atoms with Crippen LogP contribution in [0.15, 0.2) is 0 Å². The molecule has 0 amide bonds. The van der Waals surface area contributed by atoms with Gasteiger partial charge in [0.25, 0.3) is 0 Å². The summed E-state index contributed by atoms with van der Waals surface area (Å²) in [7, 11) is 2.55. The lowest BCUT2D eigenvalue weighted by Gasteiger charge is -2.27. The fraction of sp³-hybridized carbons (Fsp3) is 0.875. The zero-order valence-corrected chi connectivity index (χ0v) is 8.87. The van der Waals surface area contributed by atoms with E-state index in [1.54, 1.807) is 0 Å². The van der Waals surface area contributed by atoms with Crippen LogP contribution in [0, 0.1) is 0 Å². The van der Waals surface area contributed by atoms with Gasteiger partial charge in [-0.15, -0.1) is 0 Å². The zero-order chi connectivity index (χ0) is 11.1. The molecule has 0 unspecified atom stereocenters. The first-order valence-electron chi connectivity index (χ1n) is 4.10. The summed E-state index contributed by atoms with van der Waals surface area (Å²) in [5.74, 6) is 0. The largest absolute Gasteiger partial charge is 0.394 e. The van der Waals surface area contributed by atoms with Crippen molar-refractivity contribution in [2.45, 2.75) is 24.4 Å². The van der Waals surface area contributed by atoms with E-state index in [2.05, 4.69) is 0 Å². The van der Waals surface area contributed by atoms with E-state index >= 15 is 0 Å². The normalized spacial score (nSPS) is 18.5. The third-order valence-electron chi connectivity index (χ3n) is 1.92. The number of aliphatic hydroxyl groups is 3. The monoisotopic (exact) mass is 225 g/mol. The van der Waals surface area contributed by atoms with Crippen molar-refractivity contribution in [3.05, 3.63) is 0 Å². The maximum atomic E-state index is 10.5. The van der Waals surface area contributed by atoms with Gasteiger partial charge in [-0.1, -0.05) is 0 Å². The SMILES string of the molecule is CO[C@@H]([C@H](O)[C@H](O)CO)[C@H](C=O)OC.N. The second-order valence-electron chi connectivity index (χ2n) is 2.78. The van der Waals surface area contributed by atoms with Gasteiger partial charge in [-0.05, 0) is 0 Å². The first kappa shape index (κ1) is 16.8. The van der Waals surface area contributed by atoms with Crippen molar-refractivity contribution in [1.29, 1.82) is 0 Å². The maximum absolute atomic E-state index is 10.5. The molecule has 7 heteroatoms. The molecule has 0 rings (SSSR count). The highest BCUT2D eigenvalue weighted by Crippen LogP contribution is 2.09. The van der Waals surface area contributed by atoms with E-state index in [-0.39, 0.29) is 6.15 Å². The molecule has 0 heterocycles. The molecular formula is C8H19NO6. The quantitative estimate of drug-likeness (QED) is 0.372. The molecule has 0 spiro atoms. The Balaban J connectivity index is 0. The number of carbonyl (C=O) groups excluding carboxylic acids is 1. The molecule has 7 nitrogen and oxygen atoms in total. The second kappa shape index (κ2) is 8.72. The number of hydrogen-bond acceptors (Lipinski definition) is 7. The van der Waals surface area contributed by atoms with E-state index in [0.717, 1.165) is 0 Å². The molecule has 0 aliphatic rings. The fourth-order valence-electron chi connectivity index (χ4n) is 1.06. The molecule has 0 aromatic heterocycles. The molecule has 0 bridgehead atoms. The molecule has 6 N–H and O–H groups in total. The van der Waals surface area contributed by atoms with Crippen molar-refractivity contribution >= 4 is 6.29 Å². The van der Waals surface area contributed by atoms with Crippen LogP contribution in [-0.4, -0.2) is 66.8 Å². The predicted octanol–water partition coefficient (Wildman–Crippen LogP) is -1.91. The van der Waals surface area contributed by atoms with Gasteiger partial charge in [-0.3, -0.25) is 0 Å². The van der Waals surface area contributed by atoms with E-state index in [4.69, 9.17) is 19.7 Å². The van der Waals surface area contributed by atoms with E-state index in [0.29, 0.717) is 6.29 Å². The van der Waals surface area contributed by atoms with Gasteiger partial charge in [0, 0.05) is 14.2 Å². The van der Waals surface area contributed by atoms with E-state index in [1.165, 1.54) is 14.2 Å².